The van der Waals surface area contributed by atoms with E-state index in [2.05, 4.69) is 16.1 Å². The Balaban J connectivity index is 0.000000150. The van der Waals surface area contributed by atoms with Crippen molar-refractivity contribution in [3.8, 4) is 18.1 Å². The number of phenols is 1. The Hall–Kier alpha value is -3.65. The number of nitrogen functional groups attached to an aromatic ring is 2. The lowest BCUT2D eigenvalue weighted by molar-refractivity contribution is 0.476. The van der Waals surface area contributed by atoms with Gasteiger partial charge in [0.2, 0.25) is 0 Å². The highest BCUT2D eigenvalue weighted by Gasteiger charge is 2.03. The van der Waals surface area contributed by atoms with Gasteiger partial charge < -0.3 is 16.6 Å². The zero-order valence-electron chi connectivity index (χ0n) is 13.7. The summed E-state index contributed by atoms with van der Waals surface area (Å²) in [6, 6.07) is 12.6. The molecule has 1 aromatic heterocycles. The predicted octanol–water partition coefficient (Wildman–Crippen LogP) is 3.56. The minimum atomic E-state index is 0.227. The monoisotopic (exact) mass is 330 g/mol. The van der Waals surface area contributed by atoms with E-state index in [0.717, 1.165) is 32.9 Å². The molecule has 124 valence electrons. The lowest BCUT2D eigenvalue weighted by atomic mass is 10.0. The average Bonchev–Trinajstić information content (AvgIpc) is 3.08. The third-order valence-electron chi connectivity index (χ3n) is 4.08. The Labute approximate surface area is 145 Å². The fourth-order valence-electron chi connectivity index (χ4n) is 2.61. The molecule has 0 unspecified atom stereocenters. The molecule has 0 saturated heterocycles. The maximum absolute atomic E-state index is 9.27. The van der Waals surface area contributed by atoms with E-state index in [-0.39, 0.29) is 5.75 Å². The number of H-pyrrole nitrogens is 1. The maximum atomic E-state index is 9.27. The molecule has 1 heterocycles. The van der Waals surface area contributed by atoms with Gasteiger partial charge in [-0.1, -0.05) is 24.1 Å². The molecule has 25 heavy (non-hydrogen) atoms. The van der Waals surface area contributed by atoms with Crippen molar-refractivity contribution in [3.63, 3.8) is 0 Å². The molecule has 0 aliphatic heterocycles. The number of hydrogen-bond acceptors (Lipinski definition) is 4. The number of rotatable bonds is 0. The quantitative estimate of drug-likeness (QED) is 0.292. The number of terminal acetylenes is 1. The number of aromatic hydroxyl groups is 1. The van der Waals surface area contributed by atoms with E-state index in [9.17, 15) is 5.11 Å². The fraction of sp³-hybridized carbons (Fsp3) is 0.0500. The second-order valence-electron chi connectivity index (χ2n) is 5.71. The molecule has 3 aromatic carbocycles. The van der Waals surface area contributed by atoms with Crippen LogP contribution in [0, 0.1) is 19.3 Å². The largest absolute Gasteiger partial charge is 0.508 e. The average molecular weight is 330 g/mol. The van der Waals surface area contributed by atoms with Crippen LogP contribution in [-0.4, -0.2) is 15.3 Å². The highest BCUT2D eigenvalue weighted by Crippen LogP contribution is 2.27. The van der Waals surface area contributed by atoms with Crippen LogP contribution in [0.2, 0.25) is 0 Å². The standard InChI is InChI=1S/C12H9NO.C8H9N3/c1-2-8-3-4-9-7-10(14)5-6-11(9)12(8)13;1-5-2-3-6-4-10-11-8(6)7(5)9/h1,3-7,14H,13H2;2-4H,9H2,1H3,(H,10,11). The van der Waals surface area contributed by atoms with Crippen LogP contribution in [0.25, 0.3) is 21.7 Å². The molecule has 0 bridgehead atoms. The van der Waals surface area contributed by atoms with Crippen LogP contribution in [-0.2, 0) is 0 Å². The lowest BCUT2D eigenvalue weighted by Gasteiger charge is -2.04. The normalized spacial score (nSPS) is 10.2. The van der Waals surface area contributed by atoms with E-state index < -0.39 is 0 Å². The van der Waals surface area contributed by atoms with Gasteiger partial charge in [0.1, 0.15) is 5.75 Å². The molecule has 0 aliphatic carbocycles. The SMILES string of the molecule is C#Cc1ccc2cc(O)ccc2c1N.Cc1ccc2cn[nH]c2c1N. The van der Waals surface area contributed by atoms with Crippen LogP contribution < -0.4 is 11.5 Å². The van der Waals surface area contributed by atoms with Gasteiger partial charge in [0.05, 0.1) is 23.1 Å². The molecule has 4 rings (SSSR count). The van der Waals surface area contributed by atoms with Crippen molar-refractivity contribution in [1.82, 2.24) is 10.2 Å². The molecular formula is C20H18N4O. The third-order valence-corrected chi connectivity index (χ3v) is 4.08. The summed E-state index contributed by atoms with van der Waals surface area (Å²) in [6.45, 7) is 1.98. The first-order chi connectivity index (χ1) is 12.0. The Kier molecular flexibility index (Phi) is 4.19. The molecule has 0 spiro atoms. The minimum absolute atomic E-state index is 0.227. The molecular weight excluding hydrogens is 312 g/mol. The summed E-state index contributed by atoms with van der Waals surface area (Å²) in [7, 11) is 0. The number of nitrogens with one attached hydrogen (secondary N) is 1. The van der Waals surface area contributed by atoms with Crippen molar-refractivity contribution >= 4 is 33.1 Å². The van der Waals surface area contributed by atoms with Crippen LogP contribution in [0.1, 0.15) is 11.1 Å². The highest BCUT2D eigenvalue weighted by molar-refractivity contribution is 5.96. The molecule has 0 radical (unpaired) electrons. The first-order valence-corrected chi connectivity index (χ1v) is 7.67. The number of anilines is 2. The summed E-state index contributed by atoms with van der Waals surface area (Å²) in [5.41, 5.74) is 15.7. The van der Waals surface area contributed by atoms with Crippen molar-refractivity contribution in [1.29, 1.82) is 0 Å². The number of phenolic OH excluding ortho intramolecular Hbond substituents is 1. The van der Waals surface area contributed by atoms with Crippen molar-refractivity contribution in [2.24, 2.45) is 0 Å². The van der Waals surface area contributed by atoms with Crippen molar-refractivity contribution in [2.75, 3.05) is 11.5 Å². The van der Waals surface area contributed by atoms with Gasteiger partial charge in [0.15, 0.2) is 0 Å². The molecule has 5 nitrogen and oxygen atoms in total. The van der Waals surface area contributed by atoms with E-state index in [0.29, 0.717) is 11.3 Å². The van der Waals surface area contributed by atoms with E-state index in [1.54, 1.807) is 30.5 Å². The van der Waals surface area contributed by atoms with Gasteiger partial charge in [-0.15, -0.1) is 6.42 Å². The molecule has 0 saturated carbocycles. The van der Waals surface area contributed by atoms with Gasteiger partial charge in [0.25, 0.3) is 0 Å². The van der Waals surface area contributed by atoms with E-state index in [1.165, 1.54) is 0 Å². The van der Waals surface area contributed by atoms with Gasteiger partial charge in [-0.2, -0.15) is 5.10 Å². The molecule has 4 aromatic rings. The summed E-state index contributed by atoms with van der Waals surface area (Å²) >= 11 is 0. The summed E-state index contributed by atoms with van der Waals surface area (Å²) < 4.78 is 0. The van der Waals surface area contributed by atoms with Crippen LogP contribution in [0.5, 0.6) is 5.75 Å². The summed E-state index contributed by atoms with van der Waals surface area (Å²) in [6.07, 6.45) is 7.06. The number of nitrogens with two attached hydrogens (primary N) is 2. The topological polar surface area (TPSA) is 101 Å². The van der Waals surface area contributed by atoms with E-state index in [4.69, 9.17) is 17.9 Å². The van der Waals surface area contributed by atoms with E-state index >= 15 is 0 Å². The maximum Gasteiger partial charge on any atom is 0.116 e. The number of nitrogens with zero attached hydrogens (tertiary/aromatic N) is 1. The number of benzene rings is 3. The Bertz CT molecular complexity index is 1110. The van der Waals surface area contributed by atoms with Crippen molar-refractivity contribution in [2.45, 2.75) is 6.92 Å². The van der Waals surface area contributed by atoms with Gasteiger partial charge >= 0.3 is 0 Å². The number of aromatic nitrogens is 2. The zero-order chi connectivity index (χ0) is 18.0. The molecule has 0 amide bonds. The molecule has 5 heteroatoms. The number of fused-ring (bicyclic) bond motifs is 2. The van der Waals surface area contributed by atoms with Gasteiger partial charge in [-0.05, 0) is 42.1 Å². The minimum Gasteiger partial charge on any atom is -0.508 e. The predicted molar refractivity (Wildman–Crippen MR) is 103 cm³/mol. The molecule has 0 aliphatic rings. The third kappa shape index (κ3) is 3.06. The second-order valence-corrected chi connectivity index (χ2v) is 5.71. The summed E-state index contributed by atoms with van der Waals surface area (Å²) in [5.74, 6) is 2.74. The molecule has 0 atom stereocenters. The van der Waals surface area contributed by atoms with Crippen LogP contribution >= 0.6 is 0 Å². The summed E-state index contributed by atoms with van der Waals surface area (Å²) in [5, 5.41) is 18.8. The summed E-state index contributed by atoms with van der Waals surface area (Å²) in [4.78, 5) is 0. The lowest BCUT2D eigenvalue weighted by Crippen LogP contribution is -1.91. The highest BCUT2D eigenvalue weighted by atomic mass is 16.3. The van der Waals surface area contributed by atoms with Crippen LogP contribution in [0.3, 0.4) is 0 Å². The van der Waals surface area contributed by atoms with E-state index in [1.807, 2.05) is 25.1 Å². The number of aromatic amines is 1. The van der Waals surface area contributed by atoms with Crippen LogP contribution in [0.4, 0.5) is 11.4 Å². The fourth-order valence-corrected chi connectivity index (χ4v) is 2.61. The Morgan fingerprint density at radius 3 is 2.56 bits per heavy atom. The first-order valence-electron chi connectivity index (χ1n) is 7.67. The van der Waals surface area contributed by atoms with Crippen molar-refractivity contribution < 1.29 is 5.11 Å². The smallest absolute Gasteiger partial charge is 0.116 e. The second kappa shape index (κ2) is 6.46. The van der Waals surface area contributed by atoms with Gasteiger partial charge in [-0.3, -0.25) is 5.10 Å². The molecule has 0 fully saturated rings. The Morgan fingerprint density at radius 2 is 1.80 bits per heavy atom. The first kappa shape index (κ1) is 16.2. The van der Waals surface area contributed by atoms with Gasteiger partial charge in [-0.25, -0.2) is 0 Å². The zero-order valence-corrected chi connectivity index (χ0v) is 13.7. The van der Waals surface area contributed by atoms with Crippen molar-refractivity contribution in [3.05, 3.63) is 59.8 Å². The number of aryl methyl sites for hydroxylation is 1. The van der Waals surface area contributed by atoms with Gasteiger partial charge in [0, 0.05) is 16.3 Å². The number of hydrogen-bond donors (Lipinski definition) is 4. The van der Waals surface area contributed by atoms with Crippen LogP contribution in [0.15, 0.2) is 48.7 Å². The molecule has 6 N–H and O–H groups in total. The Morgan fingerprint density at radius 1 is 1.04 bits per heavy atom.